The van der Waals surface area contributed by atoms with Crippen LogP contribution < -0.4 is 5.73 Å². The Balaban J connectivity index is 2.39. The molecule has 7 heteroatoms. The largest absolute Gasteiger partial charge is 0.462 e. The van der Waals surface area contributed by atoms with Crippen LogP contribution in [0.1, 0.15) is 22.8 Å². The van der Waals surface area contributed by atoms with Crippen LogP contribution in [0.3, 0.4) is 0 Å². The first-order valence-corrected chi connectivity index (χ1v) is 7.85. The lowest BCUT2D eigenvalue weighted by Gasteiger charge is -2.15. The van der Waals surface area contributed by atoms with E-state index in [1.54, 1.807) is 31.2 Å². The lowest BCUT2D eigenvalue weighted by atomic mass is 9.94. The minimum absolute atomic E-state index is 0.0873. The molecule has 1 heterocycles. The van der Waals surface area contributed by atoms with Gasteiger partial charge in [0.25, 0.3) is 0 Å². The Labute approximate surface area is 147 Å². The summed E-state index contributed by atoms with van der Waals surface area (Å²) in [4.78, 5) is 16.2. The van der Waals surface area contributed by atoms with Gasteiger partial charge < -0.3 is 10.5 Å². The fourth-order valence-electron chi connectivity index (χ4n) is 2.82. The molecule has 0 fully saturated rings. The summed E-state index contributed by atoms with van der Waals surface area (Å²) in [6, 6.07) is 10.3. The van der Waals surface area contributed by atoms with Crippen LogP contribution in [0, 0.1) is 0 Å². The van der Waals surface area contributed by atoms with Crippen molar-refractivity contribution in [3.63, 3.8) is 0 Å². The number of para-hydroxylation sites is 1. The van der Waals surface area contributed by atoms with Crippen molar-refractivity contribution in [1.29, 1.82) is 0 Å². The molecule has 0 aliphatic rings. The Morgan fingerprint density at radius 2 is 1.92 bits per heavy atom. The summed E-state index contributed by atoms with van der Waals surface area (Å²) in [6.45, 7) is 1.78. The van der Waals surface area contributed by atoms with E-state index in [1.807, 2.05) is 0 Å². The van der Waals surface area contributed by atoms with Crippen molar-refractivity contribution >= 4 is 22.6 Å². The monoisotopic (exact) mass is 360 g/mol. The van der Waals surface area contributed by atoms with Gasteiger partial charge in [0.1, 0.15) is 0 Å². The average molecular weight is 360 g/mol. The average Bonchev–Trinajstić information content (AvgIpc) is 2.59. The summed E-state index contributed by atoms with van der Waals surface area (Å²) < 4.78 is 45.1. The molecule has 0 atom stereocenters. The minimum Gasteiger partial charge on any atom is -0.462 e. The Hall–Kier alpha value is -3.09. The molecule has 2 aromatic carbocycles. The van der Waals surface area contributed by atoms with Gasteiger partial charge in [-0.2, -0.15) is 13.2 Å². The van der Waals surface area contributed by atoms with Crippen molar-refractivity contribution < 1.29 is 22.7 Å². The van der Waals surface area contributed by atoms with Crippen molar-refractivity contribution in [3.8, 4) is 11.1 Å². The highest BCUT2D eigenvalue weighted by atomic mass is 19.4. The number of nitrogen functional groups attached to an aromatic ring is 1. The molecule has 3 aromatic rings. The molecular formula is C19H15F3N2O2. The number of nitrogens with two attached hydrogens (primary N) is 1. The fourth-order valence-corrected chi connectivity index (χ4v) is 2.82. The summed E-state index contributed by atoms with van der Waals surface area (Å²) in [5, 5.41) is 0.205. The number of fused-ring (bicyclic) bond motifs is 1. The minimum atomic E-state index is -4.56. The number of carbonyl (C=O) groups is 1. The van der Waals surface area contributed by atoms with Crippen LogP contribution in [0.4, 0.5) is 18.9 Å². The molecule has 26 heavy (non-hydrogen) atoms. The zero-order valence-electron chi connectivity index (χ0n) is 13.8. The first-order chi connectivity index (χ1) is 12.3. The van der Waals surface area contributed by atoms with Crippen molar-refractivity contribution in [2.45, 2.75) is 13.1 Å². The molecule has 134 valence electrons. The number of hydrogen-bond acceptors (Lipinski definition) is 4. The maximum absolute atomic E-state index is 13.3. The number of alkyl halides is 3. The number of carbonyl (C=O) groups excluding carboxylic acids is 1. The molecule has 0 radical (unpaired) electrons. The second-order valence-corrected chi connectivity index (χ2v) is 5.59. The van der Waals surface area contributed by atoms with Gasteiger partial charge in [-0.15, -0.1) is 0 Å². The Morgan fingerprint density at radius 3 is 2.58 bits per heavy atom. The van der Waals surface area contributed by atoms with Crippen molar-refractivity contribution in [2.24, 2.45) is 0 Å². The van der Waals surface area contributed by atoms with Crippen molar-refractivity contribution in [2.75, 3.05) is 12.3 Å². The van der Waals surface area contributed by atoms with Gasteiger partial charge in [-0.05, 0) is 30.7 Å². The second kappa shape index (κ2) is 6.67. The van der Waals surface area contributed by atoms with E-state index in [4.69, 9.17) is 10.5 Å². The summed E-state index contributed by atoms with van der Waals surface area (Å²) in [5.74, 6) is -0.656. The number of halogens is 3. The summed E-state index contributed by atoms with van der Waals surface area (Å²) in [7, 11) is 0. The first kappa shape index (κ1) is 17.7. The van der Waals surface area contributed by atoms with Crippen molar-refractivity contribution in [3.05, 3.63) is 59.8 Å². The molecule has 4 nitrogen and oxygen atoms in total. The molecule has 1 aromatic heterocycles. The molecule has 0 amide bonds. The highest BCUT2D eigenvalue weighted by molar-refractivity contribution is 6.07. The van der Waals surface area contributed by atoms with E-state index >= 15 is 0 Å². The predicted octanol–water partition coefficient (Wildman–Crippen LogP) is 4.68. The van der Waals surface area contributed by atoms with E-state index < -0.39 is 17.7 Å². The van der Waals surface area contributed by atoms with Crippen LogP contribution in [-0.4, -0.2) is 17.6 Å². The van der Waals surface area contributed by atoms with Crippen LogP contribution >= 0.6 is 0 Å². The number of benzene rings is 2. The van der Waals surface area contributed by atoms with E-state index in [9.17, 15) is 18.0 Å². The molecule has 0 unspecified atom stereocenters. The van der Waals surface area contributed by atoms with E-state index in [-0.39, 0.29) is 23.1 Å². The predicted molar refractivity (Wildman–Crippen MR) is 92.5 cm³/mol. The number of rotatable bonds is 3. The van der Waals surface area contributed by atoms with Gasteiger partial charge >= 0.3 is 12.1 Å². The summed E-state index contributed by atoms with van der Waals surface area (Å²) in [6.07, 6.45) is -3.45. The number of pyridine rings is 1. The van der Waals surface area contributed by atoms with Gasteiger partial charge in [0.05, 0.1) is 23.3 Å². The Kier molecular flexibility index (Phi) is 4.54. The SMILES string of the molecule is CCOC(=O)c1cnc2c(C(F)(F)F)cccc2c1-c1cccc(N)c1. The number of hydrogen-bond donors (Lipinski definition) is 1. The van der Waals surface area contributed by atoms with Gasteiger partial charge in [0.2, 0.25) is 0 Å². The molecule has 0 bridgehead atoms. The molecule has 0 aliphatic carbocycles. The smallest absolute Gasteiger partial charge is 0.418 e. The van der Waals surface area contributed by atoms with E-state index in [0.717, 1.165) is 12.3 Å². The van der Waals surface area contributed by atoms with Crippen LogP contribution in [0.2, 0.25) is 0 Å². The normalized spacial score (nSPS) is 11.5. The third-order valence-corrected chi connectivity index (χ3v) is 3.87. The van der Waals surface area contributed by atoms with Gasteiger partial charge in [-0.3, -0.25) is 4.98 Å². The third kappa shape index (κ3) is 3.20. The van der Waals surface area contributed by atoms with Gasteiger partial charge in [-0.25, -0.2) is 4.79 Å². The molecule has 0 saturated carbocycles. The van der Waals surface area contributed by atoms with Crippen LogP contribution in [-0.2, 0) is 10.9 Å². The highest BCUT2D eigenvalue weighted by Gasteiger charge is 2.34. The zero-order valence-corrected chi connectivity index (χ0v) is 13.8. The summed E-state index contributed by atoms with van der Waals surface area (Å²) in [5.41, 5.74) is 6.05. The topological polar surface area (TPSA) is 65.2 Å². The third-order valence-electron chi connectivity index (χ3n) is 3.87. The van der Waals surface area contributed by atoms with Gasteiger partial charge in [0, 0.05) is 22.8 Å². The Bertz CT molecular complexity index is 984. The first-order valence-electron chi connectivity index (χ1n) is 7.85. The van der Waals surface area contributed by atoms with Crippen molar-refractivity contribution in [1.82, 2.24) is 4.98 Å². The van der Waals surface area contributed by atoms with E-state index in [2.05, 4.69) is 4.98 Å². The lowest BCUT2D eigenvalue weighted by Crippen LogP contribution is -2.10. The molecule has 3 rings (SSSR count). The van der Waals surface area contributed by atoms with Gasteiger partial charge in [-0.1, -0.05) is 24.3 Å². The zero-order chi connectivity index (χ0) is 18.9. The number of aromatic nitrogens is 1. The lowest BCUT2D eigenvalue weighted by molar-refractivity contribution is -0.136. The molecule has 2 N–H and O–H groups in total. The summed E-state index contributed by atoms with van der Waals surface area (Å²) >= 11 is 0. The van der Waals surface area contributed by atoms with Gasteiger partial charge in [0.15, 0.2) is 0 Å². The number of esters is 1. The molecule has 0 aliphatic heterocycles. The fraction of sp³-hybridized carbons (Fsp3) is 0.158. The number of anilines is 1. The maximum Gasteiger partial charge on any atom is 0.418 e. The van der Waals surface area contributed by atoms with E-state index in [0.29, 0.717) is 16.8 Å². The molecule has 0 spiro atoms. The molecular weight excluding hydrogens is 345 g/mol. The van der Waals surface area contributed by atoms with Crippen LogP contribution in [0.15, 0.2) is 48.7 Å². The quantitative estimate of drug-likeness (QED) is 0.544. The number of ether oxygens (including phenoxy) is 1. The van der Waals surface area contributed by atoms with Crippen LogP contribution in [0.5, 0.6) is 0 Å². The molecule has 0 saturated heterocycles. The number of nitrogens with zero attached hydrogens (tertiary/aromatic N) is 1. The Morgan fingerprint density at radius 1 is 1.19 bits per heavy atom. The second-order valence-electron chi connectivity index (χ2n) is 5.59. The highest BCUT2D eigenvalue weighted by Crippen LogP contribution is 2.38. The van der Waals surface area contributed by atoms with Crippen LogP contribution in [0.25, 0.3) is 22.0 Å². The van der Waals surface area contributed by atoms with E-state index in [1.165, 1.54) is 12.1 Å². The standard InChI is InChI=1S/C19H15F3N2O2/c1-2-26-18(25)14-10-24-17-13(7-4-8-15(17)19(20,21)22)16(14)11-5-3-6-12(23)9-11/h3-10H,2,23H2,1H3. The maximum atomic E-state index is 13.3.